The van der Waals surface area contributed by atoms with Gasteiger partial charge in [-0.25, -0.2) is 0 Å². The number of benzene rings is 1. The summed E-state index contributed by atoms with van der Waals surface area (Å²) in [5.74, 6) is 0.872. The van der Waals surface area contributed by atoms with Crippen molar-refractivity contribution in [2.24, 2.45) is 0 Å². The third kappa shape index (κ3) is 3.04. The molecule has 0 saturated carbocycles. The molecule has 3 heteroatoms. The lowest BCUT2D eigenvalue weighted by Crippen LogP contribution is -2.35. The number of carbonyl (C=O) groups is 1. The summed E-state index contributed by atoms with van der Waals surface area (Å²) in [5, 5.41) is 3.40. The van der Waals surface area contributed by atoms with Crippen LogP contribution in [0.3, 0.4) is 0 Å². The van der Waals surface area contributed by atoms with Crippen molar-refractivity contribution in [3.05, 3.63) is 35.4 Å². The van der Waals surface area contributed by atoms with Crippen molar-refractivity contribution >= 4 is 5.91 Å². The topological polar surface area (TPSA) is 32.3 Å². The first-order valence-electron chi connectivity index (χ1n) is 7.94. The molecule has 1 amide bonds. The van der Waals surface area contributed by atoms with Crippen LogP contribution in [-0.2, 0) is 0 Å². The molecule has 1 aromatic carbocycles. The van der Waals surface area contributed by atoms with Gasteiger partial charge in [0.1, 0.15) is 0 Å². The smallest absolute Gasteiger partial charge is 0.253 e. The lowest BCUT2D eigenvalue weighted by atomic mass is 9.90. The van der Waals surface area contributed by atoms with Crippen molar-refractivity contribution < 1.29 is 4.79 Å². The van der Waals surface area contributed by atoms with Gasteiger partial charge >= 0.3 is 0 Å². The fourth-order valence-corrected chi connectivity index (χ4v) is 3.33. The van der Waals surface area contributed by atoms with Gasteiger partial charge in [-0.2, -0.15) is 0 Å². The number of hydrogen-bond donors (Lipinski definition) is 1. The second-order valence-electron chi connectivity index (χ2n) is 6.00. The average molecular weight is 272 g/mol. The molecule has 0 radical (unpaired) electrons. The van der Waals surface area contributed by atoms with Gasteiger partial charge in [0, 0.05) is 18.7 Å². The van der Waals surface area contributed by atoms with E-state index < -0.39 is 0 Å². The molecule has 2 aliphatic heterocycles. The van der Waals surface area contributed by atoms with E-state index in [4.69, 9.17) is 0 Å². The van der Waals surface area contributed by atoms with Crippen LogP contribution in [0.1, 0.15) is 53.9 Å². The molecule has 0 spiro atoms. The van der Waals surface area contributed by atoms with Crippen LogP contribution in [0.15, 0.2) is 24.3 Å². The quantitative estimate of drug-likeness (QED) is 0.898. The second-order valence-corrected chi connectivity index (χ2v) is 6.00. The van der Waals surface area contributed by atoms with E-state index in [1.54, 1.807) is 0 Å². The Morgan fingerprint density at radius 3 is 2.30 bits per heavy atom. The van der Waals surface area contributed by atoms with E-state index in [2.05, 4.69) is 17.4 Å². The summed E-state index contributed by atoms with van der Waals surface area (Å²) in [6.07, 6.45) is 5.98. The van der Waals surface area contributed by atoms with Crippen molar-refractivity contribution in [2.75, 3.05) is 26.2 Å². The van der Waals surface area contributed by atoms with Gasteiger partial charge in [-0.1, -0.05) is 12.1 Å². The van der Waals surface area contributed by atoms with Crippen molar-refractivity contribution in [1.29, 1.82) is 0 Å². The van der Waals surface area contributed by atoms with E-state index in [0.717, 1.165) is 44.6 Å². The Labute approximate surface area is 121 Å². The Kier molecular flexibility index (Phi) is 4.36. The zero-order chi connectivity index (χ0) is 13.8. The summed E-state index contributed by atoms with van der Waals surface area (Å²) in [6.45, 7) is 4.07. The second kappa shape index (κ2) is 6.40. The molecule has 2 heterocycles. The molecular weight excluding hydrogens is 248 g/mol. The van der Waals surface area contributed by atoms with Crippen molar-refractivity contribution in [2.45, 2.75) is 38.0 Å². The minimum Gasteiger partial charge on any atom is -0.339 e. The van der Waals surface area contributed by atoms with Crippen LogP contribution in [0.4, 0.5) is 0 Å². The maximum absolute atomic E-state index is 12.4. The minimum absolute atomic E-state index is 0.210. The lowest BCUT2D eigenvalue weighted by molar-refractivity contribution is 0.0724. The molecule has 1 aromatic rings. The summed E-state index contributed by atoms with van der Waals surface area (Å²) < 4.78 is 0. The van der Waals surface area contributed by atoms with E-state index in [9.17, 15) is 4.79 Å². The highest BCUT2D eigenvalue weighted by atomic mass is 16.2. The molecule has 0 bridgehead atoms. The molecule has 20 heavy (non-hydrogen) atoms. The normalized spacial score (nSPS) is 20.9. The SMILES string of the molecule is O=C(c1ccc(C2CCNCC2)cc1)N1CCCCC1. The maximum atomic E-state index is 12.4. The van der Waals surface area contributed by atoms with Gasteiger partial charge in [0.15, 0.2) is 0 Å². The maximum Gasteiger partial charge on any atom is 0.253 e. The number of likely N-dealkylation sites (tertiary alicyclic amines) is 1. The average Bonchev–Trinajstić information content (AvgIpc) is 2.56. The highest BCUT2D eigenvalue weighted by Gasteiger charge is 2.19. The third-order valence-electron chi connectivity index (χ3n) is 4.61. The molecule has 2 fully saturated rings. The highest BCUT2D eigenvalue weighted by Crippen LogP contribution is 2.25. The van der Waals surface area contributed by atoms with E-state index >= 15 is 0 Å². The fourth-order valence-electron chi connectivity index (χ4n) is 3.33. The van der Waals surface area contributed by atoms with Crippen LogP contribution in [0.5, 0.6) is 0 Å². The number of nitrogens with zero attached hydrogens (tertiary/aromatic N) is 1. The van der Waals surface area contributed by atoms with Gasteiger partial charge in [-0.05, 0) is 68.8 Å². The molecule has 0 aliphatic carbocycles. The Morgan fingerprint density at radius 2 is 1.65 bits per heavy atom. The molecule has 3 nitrogen and oxygen atoms in total. The van der Waals surface area contributed by atoms with Crippen LogP contribution in [0.25, 0.3) is 0 Å². The molecule has 108 valence electrons. The summed E-state index contributed by atoms with van der Waals surface area (Å²) in [6, 6.07) is 8.36. The summed E-state index contributed by atoms with van der Waals surface area (Å²) in [4.78, 5) is 14.4. The van der Waals surface area contributed by atoms with Gasteiger partial charge in [0.05, 0.1) is 0 Å². The van der Waals surface area contributed by atoms with Gasteiger partial charge in [0.2, 0.25) is 0 Å². The predicted octanol–water partition coefficient (Wildman–Crippen LogP) is 2.78. The lowest BCUT2D eigenvalue weighted by Gasteiger charge is -2.27. The molecule has 0 aromatic heterocycles. The van der Waals surface area contributed by atoms with Gasteiger partial charge in [-0.15, -0.1) is 0 Å². The number of piperidine rings is 2. The van der Waals surface area contributed by atoms with Crippen molar-refractivity contribution in [3.63, 3.8) is 0 Å². The molecule has 0 unspecified atom stereocenters. The highest BCUT2D eigenvalue weighted by molar-refractivity contribution is 5.94. The van der Waals surface area contributed by atoms with Crippen LogP contribution in [0.2, 0.25) is 0 Å². The fraction of sp³-hybridized carbons (Fsp3) is 0.588. The Hall–Kier alpha value is -1.35. The van der Waals surface area contributed by atoms with Gasteiger partial charge in [-0.3, -0.25) is 4.79 Å². The summed E-state index contributed by atoms with van der Waals surface area (Å²) >= 11 is 0. The van der Waals surface area contributed by atoms with E-state index in [0.29, 0.717) is 5.92 Å². The molecule has 1 N–H and O–H groups in total. The van der Waals surface area contributed by atoms with E-state index in [-0.39, 0.29) is 5.91 Å². The zero-order valence-corrected chi connectivity index (χ0v) is 12.1. The molecule has 0 atom stereocenters. The molecule has 2 saturated heterocycles. The monoisotopic (exact) mass is 272 g/mol. The zero-order valence-electron chi connectivity index (χ0n) is 12.1. The third-order valence-corrected chi connectivity index (χ3v) is 4.61. The molecular formula is C17H24N2O. The number of amides is 1. The molecule has 2 aliphatic rings. The summed E-state index contributed by atoms with van der Waals surface area (Å²) in [5.41, 5.74) is 2.24. The number of rotatable bonds is 2. The van der Waals surface area contributed by atoms with Crippen LogP contribution in [0, 0.1) is 0 Å². The van der Waals surface area contributed by atoms with E-state index in [1.165, 1.54) is 24.8 Å². The first-order valence-corrected chi connectivity index (χ1v) is 7.94. The Bertz CT molecular complexity index is 443. The van der Waals surface area contributed by atoms with Crippen molar-refractivity contribution in [1.82, 2.24) is 10.2 Å². The van der Waals surface area contributed by atoms with E-state index in [1.807, 2.05) is 17.0 Å². The minimum atomic E-state index is 0.210. The standard InChI is InChI=1S/C17H24N2O/c20-17(19-12-2-1-3-13-19)16-6-4-14(5-7-16)15-8-10-18-11-9-15/h4-7,15,18H,1-3,8-13H2. The molecule has 3 rings (SSSR count). The van der Waals surface area contributed by atoms with Crippen LogP contribution in [-0.4, -0.2) is 37.0 Å². The largest absolute Gasteiger partial charge is 0.339 e. The first-order chi connectivity index (χ1) is 9.84. The Balaban J connectivity index is 1.67. The summed E-state index contributed by atoms with van der Waals surface area (Å²) in [7, 11) is 0. The van der Waals surface area contributed by atoms with Gasteiger partial charge in [0.25, 0.3) is 5.91 Å². The first kappa shape index (κ1) is 13.6. The van der Waals surface area contributed by atoms with Crippen LogP contribution < -0.4 is 5.32 Å². The predicted molar refractivity (Wildman–Crippen MR) is 81.0 cm³/mol. The number of nitrogens with one attached hydrogen (secondary N) is 1. The Morgan fingerprint density at radius 1 is 1.00 bits per heavy atom. The number of carbonyl (C=O) groups excluding carboxylic acids is 1. The van der Waals surface area contributed by atoms with Crippen LogP contribution >= 0.6 is 0 Å². The van der Waals surface area contributed by atoms with Crippen molar-refractivity contribution in [3.8, 4) is 0 Å². The van der Waals surface area contributed by atoms with Gasteiger partial charge < -0.3 is 10.2 Å². The number of hydrogen-bond acceptors (Lipinski definition) is 2.